The molecule has 0 aliphatic heterocycles. The van der Waals surface area contributed by atoms with Crippen molar-refractivity contribution in [1.29, 1.82) is 5.26 Å². The van der Waals surface area contributed by atoms with Gasteiger partial charge in [-0.25, -0.2) is 4.79 Å². The normalized spacial score (nSPS) is 10.8. The van der Waals surface area contributed by atoms with E-state index in [1.165, 1.54) is 18.1 Å². The topological polar surface area (TPSA) is 111 Å². The van der Waals surface area contributed by atoms with Gasteiger partial charge in [0.2, 0.25) is 0 Å². The van der Waals surface area contributed by atoms with Gasteiger partial charge in [0.25, 0.3) is 0 Å². The van der Waals surface area contributed by atoms with Crippen LogP contribution < -0.4 is 15.8 Å². The van der Waals surface area contributed by atoms with Crippen molar-refractivity contribution < 1.29 is 9.90 Å². The summed E-state index contributed by atoms with van der Waals surface area (Å²) in [6, 6.07) is 13.4. The van der Waals surface area contributed by atoms with Gasteiger partial charge < -0.3 is 16.2 Å². The van der Waals surface area contributed by atoms with Crippen molar-refractivity contribution in [2.45, 2.75) is 63.9 Å². The molecule has 0 aromatic heterocycles. The number of amides is 2. The number of rotatable bonds is 6. The second kappa shape index (κ2) is 11.5. The summed E-state index contributed by atoms with van der Waals surface area (Å²) in [6.45, 7) is 12.0. The minimum Gasteiger partial charge on any atom is -0.386 e. The highest BCUT2D eigenvalue weighted by atomic mass is 32.2. The first-order chi connectivity index (χ1) is 14.0. The number of nitrogens with zero attached hydrogens (tertiary/aromatic N) is 1. The molecule has 2 amide bonds. The Morgan fingerprint density at radius 2 is 1.60 bits per heavy atom. The van der Waals surface area contributed by atoms with E-state index < -0.39 is 5.60 Å². The summed E-state index contributed by atoms with van der Waals surface area (Å²) in [7, 11) is 0. The highest BCUT2D eigenvalue weighted by molar-refractivity contribution is 7.98. The number of nitriles is 1. The molecule has 5 N–H and O–H groups in total. The van der Waals surface area contributed by atoms with Crippen molar-refractivity contribution in [2.24, 2.45) is 5.73 Å². The molecule has 7 heteroatoms. The number of carbonyl (C=O) groups is 1. The lowest BCUT2D eigenvalue weighted by atomic mass is 9.93. The summed E-state index contributed by atoms with van der Waals surface area (Å²) in [5.41, 5.74) is 7.20. The largest absolute Gasteiger partial charge is 0.386 e. The van der Waals surface area contributed by atoms with Gasteiger partial charge in [0.1, 0.15) is 0 Å². The Labute approximate surface area is 184 Å². The summed E-state index contributed by atoms with van der Waals surface area (Å²) >= 11 is 1.23. The number of hydrogen-bond donors (Lipinski definition) is 4. The van der Waals surface area contributed by atoms with Crippen LogP contribution in [0.3, 0.4) is 0 Å². The minimum atomic E-state index is -0.915. The van der Waals surface area contributed by atoms with E-state index in [4.69, 9.17) is 5.26 Å². The highest BCUT2D eigenvalue weighted by Gasteiger charge is 2.17. The van der Waals surface area contributed by atoms with Crippen LogP contribution in [-0.4, -0.2) is 11.1 Å². The van der Waals surface area contributed by atoms with E-state index in [0.29, 0.717) is 11.8 Å². The molecule has 0 saturated heterocycles. The molecular formula is C23H32N4O2S. The number of benzene rings is 2. The van der Waals surface area contributed by atoms with Crippen LogP contribution in [-0.2, 0) is 5.60 Å². The zero-order valence-corrected chi connectivity index (χ0v) is 19.3. The van der Waals surface area contributed by atoms with E-state index >= 15 is 0 Å². The number of aliphatic hydroxyl groups is 1. The van der Waals surface area contributed by atoms with E-state index in [1.807, 2.05) is 30.3 Å². The maximum atomic E-state index is 12.5. The Bertz CT molecular complexity index is 857. The first-order valence-electron chi connectivity index (χ1n) is 9.80. The van der Waals surface area contributed by atoms with E-state index in [-0.39, 0.29) is 6.03 Å². The molecule has 2 aromatic carbocycles. The zero-order valence-electron chi connectivity index (χ0n) is 18.5. The van der Waals surface area contributed by atoms with Gasteiger partial charge in [0.05, 0.1) is 5.60 Å². The molecule has 0 saturated carbocycles. The number of nitrogens with two attached hydrogens (primary N) is 1. The lowest BCUT2D eigenvalue weighted by molar-refractivity contribution is 0.0784. The third-order valence-corrected chi connectivity index (χ3v) is 5.19. The van der Waals surface area contributed by atoms with Gasteiger partial charge in [-0.15, -0.1) is 0 Å². The highest BCUT2D eigenvalue weighted by Crippen LogP contribution is 2.32. The molecule has 2 rings (SSSR count). The molecule has 30 heavy (non-hydrogen) atoms. The average Bonchev–Trinajstić information content (AvgIpc) is 2.66. The number of hydrogen-bond acceptors (Lipinski definition) is 5. The van der Waals surface area contributed by atoms with Crippen LogP contribution in [0, 0.1) is 11.5 Å². The number of carbonyl (C=O) groups excluding carboxylic acids is 1. The van der Waals surface area contributed by atoms with E-state index in [9.17, 15) is 9.90 Å². The zero-order chi connectivity index (χ0) is 22.9. The monoisotopic (exact) mass is 428 g/mol. The van der Waals surface area contributed by atoms with E-state index in [0.717, 1.165) is 27.3 Å². The van der Waals surface area contributed by atoms with E-state index in [2.05, 4.69) is 55.6 Å². The molecule has 0 heterocycles. The Morgan fingerprint density at radius 1 is 1.10 bits per heavy atom. The maximum Gasteiger partial charge on any atom is 0.329 e. The van der Waals surface area contributed by atoms with Crippen LogP contribution in [0.15, 0.2) is 47.4 Å². The van der Waals surface area contributed by atoms with E-state index in [1.54, 1.807) is 13.8 Å². The summed E-state index contributed by atoms with van der Waals surface area (Å²) in [5, 5.41) is 20.3. The molecule has 6 nitrogen and oxygen atoms in total. The van der Waals surface area contributed by atoms with Crippen LogP contribution >= 0.6 is 11.9 Å². The average molecular weight is 429 g/mol. The smallest absolute Gasteiger partial charge is 0.329 e. The molecule has 0 aliphatic rings. The standard InChI is InChI=1S/C22H30N2O2S.CH2N2/c1-14(2)18-11-8-12-19(15(3)4)20(18)23-21(25)24-27-17-10-7-9-16(13-17)22(5,6)26;2-1-3/h7-15,26H,1-6H3,(H2,23,24,25);2H2. The number of nitrogens with one attached hydrogen (secondary N) is 2. The summed E-state index contributed by atoms with van der Waals surface area (Å²) in [5.74, 6) is 0.630. The summed E-state index contributed by atoms with van der Waals surface area (Å²) in [6.07, 6.45) is 1.25. The van der Waals surface area contributed by atoms with Gasteiger partial charge in [-0.3, -0.25) is 4.72 Å². The summed E-state index contributed by atoms with van der Waals surface area (Å²) < 4.78 is 2.84. The first-order valence-corrected chi connectivity index (χ1v) is 10.6. The molecule has 0 atom stereocenters. The maximum absolute atomic E-state index is 12.5. The second-order valence-electron chi connectivity index (χ2n) is 8.00. The quantitative estimate of drug-likeness (QED) is 0.279. The van der Waals surface area contributed by atoms with Crippen molar-refractivity contribution in [2.75, 3.05) is 5.32 Å². The van der Waals surface area contributed by atoms with Gasteiger partial charge in [-0.1, -0.05) is 58.0 Å². The Balaban J connectivity index is 0.00000141. The third kappa shape index (κ3) is 7.62. The fraction of sp³-hybridized carbons (Fsp3) is 0.391. The van der Waals surface area contributed by atoms with Crippen molar-refractivity contribution in [3.8, 4) is 6.19 Å². The fourth-order valence-electron chi connectivity index (χ4n) is 2.88. The van der Waals surface area contributed by atoms with Gasteiger partial charge in [0, 0.05) is 10.6 Å². The second-order valence-corrected chi connectivity index (χ2v) is 8.87. The van der Waals surface area contributed by atoms with Crippen LogP contribution in [0.25, 0.3) is 0 Å². The summed E-state index contributed by atoms with van der Waals surface area (Å²) in [4.78, 5) is 13.4. The SMILES string of the molecule is CC(C)c1cccc(C(C)C)c1NC(=O)NSc1cccc(C(C)(C)O)c1.N#CN. The van der Waals surface area contributed by atoms with Crippen LogP contribution in [0.4, 0.5) is 10.5 Å². The first kappa shape index (κ1) is 25.3. The predicted molar refractivity (Wildman–Crippen MR) is 124 cm³/mol. The van der Waals surface area contributed by atoms with Crippen molar-refractivity contribution in [1.82, 2.24) is 4.72 Å². The minimum absolute atomic E-state index is 0.260. The lowest BCUT2D eigenvalue weighted by Crippen LogP contribution is -2.24. The molecule has 0 aliphatic carbocycles. The molecular weight excluding hydrogens is 396 g/mol. The molecule has 0 spiro atoms. The number of para-hydroxylation sites is 1. The predicted octanol–water partition coefficient (Wildman–Crippen LogP) is 5.42. The third-order valence-electron chi connectivity index (χ3n) is 4.41. The lowest BCUT2D eigenvalue weighted by Gasteiger charge is -2.20. The van der Waals surface area contributed by atoms with Gasteiger partial charge in [-0.05, 0) is 66.5 Å². The Morgan fingerprint density at radius 3 is 2.07 bits per heavy atom. The Kier molecular flexibility index (Phi) is 9.70. The molecule has 0 bridgehead atoms. The molecule has 2 aromatic rings. The molecule has 0 radical (unpaired) electrons. The fourth-order valence-corrected chi connectivity index (χ4v) is 3.47. The molecule has 0 unspecified atom stereocenters. The van der Waals surface area contributed by atoms with Crippen molar-refractivity contribution >= 4 is 23.7 Å². The molecule has 0 fully saturated rings. The van der Waals surface area contributed by atoms with Crippen LogP contribution in [0.5, 0.6) is 0 Å². The van der Waals surface area contributed by atoms with Gasteiger partial charge in [0.15, 0.2) is 6.19 Å². The number of urea groups is 1. The van der Waals surface area contributed by atoms with Crippen molar-refractivity contribution in [3.05, 3.63) is 59.2 Å². The molecule has 162 valence electrons. The van der Waals surface area contributed by atoms with Crippen LogP contribution in [0.2, 0.25) is 0 Å². The van der Waals surface area contributed by atoms with Crippen LogP contribution in [0.1, 0.15) is 70.1 Å². The number of anilines is 1. The Hall–Kier alpha value is -2.69. The van der Waals surface area contributed by atoms with Crippen molar-refractivity contribution in [3.63, 3.8) is 0 Å². The van der Waals surface area contributed by atoms with Gasteiger partial charge in [-0.2, -0.15) is 5.26 Å². The van der Waals surface area contributed by atoms with Gasteiger partial charge >= 0.3 is 6.03 Å².